The molecule has 9 heteroatoms. The molecule has 2 aromatic carbocycles. The molecule has 0 saturated carbocycles. The molecule has 0 spiro atoms. The van der Waals surface area contributed by atoms with Crippen LogP contribution >= 0.6 is 0 Å². The van der Waals surface area contributed by atoms with Gasteiger partial charge in [-0.1, -0.05) is 12.1 Å². The molecule has 0 bridgehead atoms. The summed E-state index contributed by atoms with van der Waals surface area (Å²) in [7, 11) is 0. The topological polar surface area (TPSA) is 78.5 Å². The molecule has 2 N–H and O–H groups in total. The first kappa shape index (κ1) is 19.4. The zero-order chi connectivity index (χ0) is 20.3. The Balaban J connectivity index is 1.54. The third-order valence-corrected chi connectivity index (χ3v) is 4.27. The summed E-state index contributed by atoms with van der Waals surface area (Å²) in [6.07, 6.45) is -0.106. The van der Waals surface area contributed by atoms with Gasteiger partial charge in [-0.25, -0.2) is 13.2 Å². The van der Waals surface area contributed by atoms with Crippen LogP contribution in [0.5, 0.6) is 0 Å². The average molecular weight is 391 g/mol. The average Bonchev–Trinajstić information content (AvgIpc) is 3.05. The summed E-state index contributed by atoms with van der Waals surface area (Å²) in [6, 6.07) is 8.61. The van der Waals surface area contributed by atoms with Crippen LogP contribution in [0.2, 0.25) is 0 Å². The Kier molecular flexibility index (Phi) is 5.62. The van der Waals surface area contributed by atoms with E-state index in [1.54, 1.807) is 6.07 Å². The van der Waals surface area contributed by atoms with Crippen molar-refractivity contribution in [3.8, 4) is 0 Å². The monoisotopic (exact) mass is 391 g/mol. The molecule has 0 unspecified atom stereocenters. The Morgan fingerprint density at radius 2 is 1.79 bits per heavy atom. The number of benzene rings is 2. The molecule has 3 rings (SSSR count). The number of para-hydroxylation sites is 1. The van der Waals surface area contributed by atoms with E-state index < -0.39 is 47.6 Å². The zero-order valence-corrected chi connectivity index (χ0v) is 14.5. The lowest BCUT2D eigenvalue weighted by atomic mass is 10.1. The number of halogens is 3. The number of hydrogen-bond acceptors (Lipinski definition) is 3. The molecule has 1 saturated heterocycles. The third-order valence-electron chi connectivity index (χ3n) is 4.27. The first-order valence-corrected chi connectivity index (χ1v) is 8.42. The lowest BCUT2D eigenvalue weighted by Gasteiger charge is -2.17. The molecule has 6 nitrogen and oxygen atoms in total. The van der Waals surface area contributed by atoms with Crippen molar-refractivity contribution >= 4 is 29.1 Å². The van der Waals surface area contributed by atoms with Gasteiger partial charge >= 0.3 is 0 Å². The molecule has 28 heavy (non-hydrogen) atoms. The van der Waals surface area contributed by atoms with E-state index >= 15 is 0 Å². The number of amides is 3. The van der Waals surface area contributed by atoms with E-state index in [2.05, 4.69) is 10.6 Å². The Bertz CT molecular complexity index is 936. The van der Waals surface area contributed by atoms with Crippen LogP contribution in [0.3, 0.4) is 0 Å². The molecule has 0 radical (unpaired) electrons. The van der Waals surface area contributed by atoms with Gasteiger partial charge in [-0.05, 0) is 24.3 Å². The van der Waals surface area contributed by atoms with Gasteiger partial charge in [0, 0.05) is 24.7 Å². The van der Waals surface area contributed by atoms with E-state index in [1.807, 2.05) is 0 Å². The fourth-order valence-corrected chi connectivity index (χ4v) is 2.88. The Morgan fingerprint density at radius 3 is 2.50 bits per heavy atom. The summed E-state index contributed by atoms with van der Waals surface area (Å²) in [5, 5.41) is 4.71. The first-order chi connectivity index (χ1) is 13.3. The van der Waals surface area contributed by atoms with Crippen LogP contribution in [0.4, 0.5) is 24.5 Å². The van der Waals surface area contributed by atoms with Crippen LogP contribution in [0.25, 0.3) is 0 Å². The molecule has 0 aromatic heterocycles. The molecule has 1 fully saturated rings. The van der Waals surface area contributed by atoms with E-state index in [9.17, 15) is 27.6 Å². The Morgan fingerprint density at radius 1 is 1.04 bits per heavy atom. The predicted octanol–water partition coefficient (Wildman–Crippen LogP) is 2.21. The van der Waals surface area contributed by atoms with Gasteiger partial charge in [-0.15, -0.1) is 0 Å². The minimum absolute atomic E-state index is 0.00358. The summed E-state index contributed by atoms with van der Waals surface area (Å²) in [6.45, 7) is -0.418. The second-order valence-corrected chi connectivity index (χ2v) is 6.25. The van der Waals surface area contributed by atoms with E-state index in [1.165, 1.54) is 29.2 Å². The van der Waals surface area contributed by atoms with Gasteiger partial charge in [0.1, 0.15) is 5.82 Å². The molecule has 146 valence electrons. The second-order valence-electron chi connectivity index (χ2n) is 6.25. The molecule has 0 aliphatic carbocycles. The van der Waals surface area contributed by atoms with Crippen LogP contribution in [0.15, 0.2) is 42.5 Å². The largest absolute Gasteiger partial charge is 0.347 e. The molecule has 1 aliphatic heterocycles. The number of hydrogen-bond donors (Lipinski definition) is 2. The predicted molar refractivity (Wildman–Crippen MR) is 94.9 cm³/mol. The fourth-order valence-electron chi connectivity index (χ4n) is 2.88. The lowest BCUT2D eigenvalue weighted by molar-refractivity contribution is -0.127. The van der Waals surface area contributed by atoms with Crippen LogP contribution in [-0.2, 0) is 14.4 Å². The number of rotatable bonds is 5. The highest BCUT2D eigenvalue weighted by atomic mass is 19.2. The van der Waals surface area contributed by atoms with Crippen molar-refractivity contribution in [3.63, 3.8) is 0 Å². The number of nitrogens with zero attached hydrogens (tertiary/aromatic N) is 1. The van der Waals surface area contributed by atoms with E-state index in [0.29, 0.717) is 0 Å². The molecule has 1 atom stereocenters. The van der Waals surface area contributed by atoms with Gasteiger partial charge in [-0.2, -0.15) is 0 Å². The number of carbonyl (C=O) groups excluding carboxylic acids is 3. The fraction of sp³-hybridized carbons (Fsp3) is 0.211. The summed E-state index contributed by atoms with van der Waals surface area (Å²) in [4.78, 5) is 37.4. The molecular formula is C19H16F3N3O3. The maximum atomic E-state index is 13.9. The minimum atomic E-state index is -1.11. The van der Waals surface area contributed by atoms with Gasteiger partial charge in [0.05, 0.1) is 18.2 Å². The smallest absolute Gasteiger partial charge is 0.243 e. The third kappa shape index (κ3) is 4.30. The quantitative estimate of drug-likeness (QED) is 0.820. The highest BCUT2D eigenvalue weighted by molar-refractivity contribution is 6.01. The standard InChI is InChI=1S/C19H16F3N3O3/c20-13-6-5-12(8-15(13)22)24-17(26)9-23-19(28)11-7-18(27)25(10-11)16-4-2-1-3-14(16)21/h1-6,8,11H,7,9-10H2,(H,23,28)(H,24,26)/t11-/m1/s1. The van der Waals surface area contributed by atoms with Crippen molar-refractivity contribution in [2.24, 2.45) is 5.92 Å². The first-order valence-electron chi connectivity index (χ1n) is 8.42. The molecule has 1 heterocycles. The van der Waals surface area contributed by atoms with Gasteiger partial charge < -0.3 is 15.5 Å². The highest BCUT2D eigenvalue weighted by Gasteiger charge is 2.36. The van der Waals surface area contributed by atoms with Crippen LogP contribution in [-0.4, -0.2) is 30.8 Å². The van der Waals surface area contributed by atoms with E-state index in [0.717, 1.165) is 12.1 Å². The van der Waals surface area contributed by atoms with E-state index in [-0.39, 0.29) is 24.3 Å². The number of anilines is 2. The SMILES string of the molecule is O=C(CNC(=O)[C@@H]1CC(=O)N(c2ccccc2F)C1)Nc1ccc(F)c(F)c1. The molecule has 1 aliphatic rings. The highest BCUT2D eigenvalue weighted by Crippen LogP contribution is 2.27. The van der Waals surface area contributed by atoms with Crippen molar-refractivity contribution in [2.45, 2.75) is 6.42 Å². The summed E-state index contributed by atoms with van der Waals surface area (Å²) >= 11 is 0. The summed E-state index contributed by atoms with van der Waals surface area (Å²) < 4.78 is 39.9. The van der Waals surface area contributed by atoms with Crippen molar-refractivity contribution in [3.05, 3.63) is 59.9 Å². The van der Waals surface area contributed by atoms with Crippen LogP contribution in [0.1, 0.15) is 6.42 Å². The second kappa shape index (κ2) is 8.12. The number of nitrogens with one attached hydrogen (secondary N) is 2. The van der Waals surface area contributed by atoms with Crippen molar-refractivity contribution < 1.29 is 27.6 Å². The van der Waals surface area contributed by atoms with Gasteiger partial charge in [0.25, 0.3) is 0 Å². The molecular weight excluding hydrogens is 375 g/mol. The number of carbonyl (C=O) groups is 3. The molecule has 2 aromatic rings. The van der Waals surface area contributed by atoms with Crippen molar-refractivity contribution in [1.29, 1.82) is 0 Å². The zero-order valence-electron chi connectivity index (χ0n) is 14.5. The lowest BCUT2D eigenvalue weighted by Crippen LogP contribution is -2.38. The molecule has 3 amide bonds. The van der Waals surface area contributed by atoms with Gasteiger partial charge in [0.2, 0.25) is 17.7 Å². The summed E-state index contributed by atoms with van der Waals surface area (Å²) in [5.74, 6) is -5.03. The normalized spacial score (nSPS) is 16.2. The van der Waals surface area contributed by atoms with E-state index in [4.69, 9.17) is 0 Å². The maximum absolute atomic E-state index is 13.9. The maximum Gasteiger partial charge on any atom is 0.243 e. The minimum Gasteiger partial charge on any atom is -0.347 e. The van der Waals surface area contributed by atoms with Gasteiger partial charge in [0.15, 0.2) is 11.6 Å². The van der Waals surface area contributed by atoms with Gasteiger partial charge in [-0.3, -0.25) is 14.4 Å². The summed E-state index contributed by atoms with van der Waals surface area (Å²) in [5.41, 5.74) is 0.138. The Hall–Kier alpha value is -3.36. The van der Waals surface area contributed by atoms with Crippen LogP contribution < -0.4 is 15.5 Å². The Labute approximate surface area is 158 Å². The van der Waals surface area contributed by atoms with Crippen molar-refractivity contribution in [2.75, 3.05) is 23.3 Å². The van der Waals surface area contributed by atoms with Crippen molar-refractivity contribution in [1.82, 2.24) is 5.32 Å². The van der Waals surface area contributed by atoms with Crippen LogP contribution in [0, 0.1) is 23.4 Å².